The van der Waals surface area contributed by atoms with Crippen LogP contribution in [0.3, 0.4) is 0 Å². The molecule has 0 heterocycles. The number of allylic oxidation sites excluding steroid dienone is 2. The average molecular weight is 396 g/mol. The molecule has 28 heavy (non-hydrogen) atoms. The third-order valence-corrected chi connectivity index (χ3v) is 5.16. The van der Waals surface area contributed by atoms with Crippen LogP contribution in [0.25, 0.3) is 0 Å². The van der Waals surface area contributed by atoms with E-state index in [9.17, 15) is 19.8 Å². The lowest BCUT2D eigenvalue weighted by Crippen LogP contribution is -2.25. The summed E-state index contributed by atoms with van der Waals surface area (Å²) in [7, 11) is 0. The number of hydrogen-bond acceptors (Lipinski definition) is 5. The van der Waals surface area contributed by atoms with E-state index < -0.39 is 12.2 Å². The Morgan fingerprint density at radius 2 is 2.07 bits per heavy atom. The summed E-state index contributed by atoms with van der Waals surface area (Å²) >= 11 is 0. The van der Waals surface area contributed by atoms with Gasteiger partial charge in [-0.25, -0.2) is 0 Å². The molecule has 1 aliphatic rings. The van der Waals surface area contributed by atoms with Gasteiger partial charge >= 0.3 is 0 Å². The highest BCUT2D eigenvalue weighted by molar-refractivity contribution is 5.84. The largest absolute Gasteiger partial charge is 0.395 e. The van der Waals surface area contributed by atoms with Gasteiger partial charge in [-0.2, -0.15) is 0 Å². The minimum absolute atomic E-state index is 0.0573. The summed E-state index contributed by atoms with van der Waals surface area (Å²) in [6, 6.07) is 0. The Balaban J connectivity index is 2.40. The van der Waals surface area contributed by atoms with Gasteiger partial charge < -0.3 is 20.6 Å². The molecule has 0 spiro atoms. The first-order chi connectivity index (χ1) is 13.5. The number of unbranched alkanes of at least 4 members (excludes halogenated alkanes) is 3. The molecule has 1 saturated carbocycles. The van der Waals surface area contributed by atoms with E-state index in [1.807, 2.05) is 18.2 Å². The van der Waals surface area contributed by atoms with Gasteiger partial charge in [0, 0.05) is 31.2 Å². The van der Waals surface area contributed by atoms with Gasteiger partial charge in [0.05, 0.1) is 18.8 Å². The zero-order valence-corrected chi connectivity index (χ0v) is 17.1. The molecule has 6 heteroatoms. The van der Waals surface area contributed by atoms with E-state index >= 15 is 0 Å². The smallest absolute Gasteiger partial charge is 0.220 e. The van der Waals surface area contributed by atoms with Gasteiger partial charge in [0.15, 0.2) is 0 Å². The van der Waals surface area contributed by atoms with Crippen molar-refractivity contribution in [3.8, 4) is 0 Å². The van der Waals surface area contributed by atoms with Crippen LogP contribution in [0.2, 0.25) is 0 Å². The van der Waals surface area contributed by atoms with E-state index in [1.54, 1.807) is 6.08 Å². The Kier molecular flexibility index (Phi) is 12.7. The van der Waals surface area contributed by atoms with Crippen LogP contribution in [0.5, 0.6) is 0 Å². The fourth-order valence-electron chi connectivity index (χ4n) is 3.51. The van der Waals surface area contributed by atoms with Gasteiger partial charge in [0.2, 0.25) is 5.91 Å². The molecule has 160 valence electrons. The van der Waals surface area contributed by atoms with Gasteiger partial charge in [0.1, 0.15) is 5.78 Å². The molecule has 0 bridgehead atoms. The van der Waals surface area contributed by atoms with E-state index in [1.165, 1.54) is 0 Å². The van der Waals surface area contributed by atoms with Crippen molar-refractivity contribution in [3.05, 3.63) is 24.3 Å². The predicted molar refractivity (Wildman–Crippen MR) is 110 cm³/mol. The fourth-order valence-corrected chi connectivity index (χ4v) is 3.51. The van der Waals surface area contributed by atoms with Crippen LogP contribution in [0, 0.1) is 11.8 Å². The molecule has 4 atom stereocenters. The van der Waals surface area contributed by atoms with E-state index in [-0.39, 0.29) is 43.1 Å². The number of aliphatic hydroxyl groups excluding tert-OH is 3. The quantitative estimate of drug-likeness (QED) is 0.267. The van der Waals surface area contributed by atoms with Crippen molar-refractivity contribution >= 4 is 11.7 Å². The van der Waals surface area contributed by atoms with Crippen molar-refractivity contribution in [2.45, 2.75) is 76.9 Å². The normalized spacial score (nSPS) is 23.7. The van der Waals surface area contributed by atoms with Gasteiger partial charge in [0.25, 0.3) is 0 Å². The van der Waals surface area contributed by atoms with Crippen LogP contribution in [-0.2, 0) is 9.59 Å². The number of ketones is 1. The van der Waals surface area contributed by atoms with Crippen molar-refractivity contribution in [3.63, 3.8) is 0 Å². The highest BCUT2D eigenvalue weighted by Crippen LogP contribution is 2.33. The van der Waals surface area contributed by atoms with E-state index in [0.29, 0.717) is 25.7 Å². The first-order valence-corrected chi connectivity index (χ1v) is 10.6. The lowest BCUT2D eigenvalue weighted by molar-refractivity contribution is -0.122. The van der Waals surface area contributed by atoms with Crippen molar-refractivity contribution in [1.29, 1.82) is 0 Å². The highest BCUT2D eigenvalue weighted by Gasteiger charge is 2.39. The molecule has 0 unspecified atom stereocenters. The first kappa shape index (κ1) is 24.5. The molecule has 1 amide bonds. The topological polar surface area (TPSA) is 107 Å². The first-order valence-electron chi connectivity index (χ1n) is 10.6. The van der Waals surface area contributed by atoms with Crippen LogP contribution in [0.15, 0.2) is 24.3 Å². The fraction of sp³-hybridized carbons (Fsp3) is 0.727. The van der Waals surface area contributed by atoms with E-state index in [2.05, 4.69) is 12.2 Å². The highest BCUT2D eigenvalue weighted by atomic mass is 16.3. The van der Waals surface area contributed by atoms with Crippen LogP contribution >= 0.6 is 0 Å². The molecule has 0 saturated heterocycles. The summed E-state index contributed by atoms with van der Waals surface area (Å²) in [5.41, 5.74) is 0. The second-order valence-corrected chi connectivity index (χ2v) is 7.54. The molecular formula is C22H37NO5. The number of rotatable bonds is 14. The summed E-state index contributed by atoms with van der Waals surface area (Å²) in [6.07, 6.45) is 12.7. The van der Waals surface area contributed by atoms with Crippen molar-refractivity contribution < 1.29 is 24.9 Å². The number of hydrogen-bond donors (Lipinski definition) is 4. The van der Waals surface area contributed by atoms with Gasteiger partial charge in [-0.15, -0.1) is 0 Å². The SMILES string of the molecule is CCCCC[C@H](O)/C=C/[C@H]1[C@H](O)CC(=O)[C@@H]1C/C=C/CCCC(=O)NCCO. The molecule has 0 aromatic heterocycles. The Morgan fingerprint density at radius 1 is 1.29 bits per heavy atom. The lowest BCUT2D eigenvalue weighted by Gasteiger charge is -2.16. The van der Waals surface area contributed by atoms with Crippen LogP contribution < -0.4 is 5.32 Å². The zero-order chi connectivity index (χ0) is 20.8. The number of nitrogens with one attached hydrogen (secondary N) is 1. The Hall–Kier alpha value is -1.50. The monoisotopic (exact) mass is 395 g/mol. The molecule has 4 N–H and O–H groups in total. The standard InChI is InChI=1S/C22H37NO5/c1-2-3-6-9-17(25)12-13-19-18(20(26)16-21(19)27)10-7-4-5-8-11-22(28)23-14-15-24/h4,7,12-13,17-19,21,24-25,27H,2-3,5-6,8-11,14-16H2,1H3,(H,23,28)/b7-4+,13-12+/t17-,18+,19+,21+/m0/s1. The van der Waals surface area contributed by atoms with Crippen LogP contribution in [0.1, 0.15) is 64.7 Å². The van der Waals surface area contributed by atoms with E-state index in [0.717, 1.165) is 25.7 Å². The molecule has 0 aromatic rings. The Bertz CT molecular complexity index is 517. The van der Waals surface area contributed by atoms with Crippen LogP contribution in [-0.4, -0.2) is 52.4 Å². The third-order valence-electron chi connectivity index (χ3n) is 5.16. The van der Waals surface area contributed by atoms with Gasteiger partial charge in [-0.1, -0.05) is 50.5 Å². The van der Waals surface area contributed by atoms with Gasteiger partial charge in [-0.3, -0.25) is 9.59 Å². The molecule has 0 aliphatic heterocycles. The summed E-state index contributed by atoms with van der Waals surface area (Å²) in [5, 5.41) is 31.5. The summed E-state index contributed by atoms with van der Waals surface area (Å²) in [6.45, 7) is 2.34. The number of carbonyl (C=O) groups excluding carboxylic acids is 2. The molecule has 1 rings (SSSR count). The summed E-state index contributed by atoms with van der Waals surface area (Å²) < 4.78 is 0. The molecular weight excluding hydrogens is 358 g/mol. The maximum atomic E-state index is 12.2. The molecule has 6 nitrogen and oxygen atoms in total. The molecule has 0 aromatic carbocycles. The van der Waals surface area contributed by atoms with E-state index in [4.69, 9.17) is 5.11 Å². The second-order valence-electron chi connectivity index (χ2n) is 7.54. The maximum absolute atomic E-state index is 12.2. The predicted octanol–water partition coefficient (Wildman–Crippen LogP) is 2.28. The third kappa shape index (κ3) is 9.62. The Labute approximate surface area is 168 Å². The minimum atomic E-state index is -0.680. The average Bonchev–Trinajstić information content (AvgIpc) is 2.94. The van der Waals surface area contributed by atoms with Crippen LogP contribution in [0.4, 0.5) is 0 Å². The number of carbonyl (C=O) groups is 2. The molecule has 1 aliphatic carbocycles. The van der Waals surface area contributed by atoms with Gasteiger partial charge in [-0.05, 0) is 25.7 Å². The molecule has 0 radical (unpaired) electrons. The molecule has 1 fully saturated rings. The Morgan fingerprint density at radius 3 is 2.79 bits per heavy atom. The maximum Gasteiger partial charge on any atom is 0.220 e. The second kappa shape index (κ2) is 14.5. The van der Waals surface area contributed by atoms with Crippen molar-refractivity contribution in [2.75, 3.05) is 13.2 Å². The van der Waals surface area contributed by atoms with Crippen molar-refractivity contribution in [2.24, 2.45) is 11.8 Å². The zero-order valence-electron chi connectivity index (χ0n) is 17.1. The minimum Gasteiger partial charge on any atom is -0.395 e. The number of amides is 1. The number of aliphatic hydroxyl groups is 3. The van der Waals surface area contributed by atoms with Crippen molar-refractivity contribution in [1.82, 2.24) is 5.32 Å². The summed E-state index contributed by atoms with van der Waals surface area (Å²) in [4.78, 5) is 23.6. The lowest BCUT2D eigenvalue weighted by atomic mass is 9.90. The summed E-state index contributed by atoms with van der Waals surface area (Å²) in [5.74, 6) is -0.504. The number of Topliss-reactive ketones (excluding diaryl/α,β-unsaturated/α-hetero) is 1.